The van der Waals surface area contributed by atoms with E-state index in [4.69, 9.17) is 10.5 Å². The van der Waals surface area contributed by atoms with Crippen LogP contribution in [0.15, 0.2) is 18.2 Å². The fourth-order valence-corrected chi connectivity index (χ4v) is 1.69. The summed E-state index contributed by atoms with van der Waals surface area (Å²) in [5, 5.41) is 0. The number of ether oxygens (including phenoxy) is 1. The molecule has 0 heterocycles. The molecule has 1 atom stereocenters. The van der Waals surface area contributed by atoms with E-state index in [0.717, 1.165) is 5.56 Å². The minimum absolute atomic E-state index is 0.134. The van der Waals surface area contributed by atoms with Crippen molar-refractivity contribution in [3.63, 3.8) is 0 Å². The molecule has 5 heteroatoms. The van der Waals surface area contributed by atoms with Gasteiger partial charge in [0, 0.05) is 13.6 Å². The molecule has 0 bridgehead atoms. The quantitative estimate of drug-likeness (QED) is 0.858. The normalized spacial score (nSPS) is 12.1. The minimum atomic E-state index is -0.524. The van der Waals surface area contributed by atoms with Crippen LogP contribution in [-0.2, 0) is 11.2 Å². The Morgan fingerprint density at radius 2 is 2.22 bits per heavy atom. The SMILES string of the molecule is COc1ccc(F)cc1CCN(C)C(=O)C(C)N. The van der Waals surface area contributed by atoms with Gasteiger partial charge in [-0.25, -0.2) is 4.39 Å². The third-order valence-corrected chi connectivity index (χ3v) is 2.72. The van der Waals surface area contributed by atoms with Crippen molar-refractivity contribution in [3.05, 3.63) is 29.6 Å². The summed E-state index contributed by atoms with van der Waals surface area (Å²) in [5.74, 6) is 0.176. The third-order valence-electron chi connectivity index (χ3n) is 2.72. The predicted octanol–water partition coefficient (Wildman–Crippen LogP) is 1.18. The van der Waals surface area contributed by atoms with E-state index in [2.05, 4.69) is 0 Å². The molecule has 18 heavy (non-hydrogen) atoms. The van der Waals surface area contributed by atoms with Gasteiger partial charge >= 0.3 is 0 Å². The molecule has 0 spiro atoms. The molecule has 0 fully saturated rings. The Bertz CT molecular complexity index is 421. The van der Waals surface area contributed by atoms with Crippen LogP contribution in [0, 0.1) is 5.82 Å². The lowest BCUT2D eigenvalue weighted by Crippen LogP contribution is -2.40. The van der Waals surface area contributed by atoms with Crippen LogP contribution in [0.5, 0.6) is 5.75 Å². The summed E-state index contributed by atoms with van der Waals surface area (Å²) in [4.78, 5) is 13.1. The summed E-state index contributed by atoms with van der Waals surface area (Å²) < 4.78 is 18.3. The maximum absolute atomic E-state index is 13.1. The highest BCUT2D eigenvalue weighted by Gasteiger charge is 2.14. The van der Waals surface area contributed by atoms with Crippen molar-refractivity contribution < 1.29 is 13.9 Å². The predicted molar refractivity (Wildman–Crippen MR) is 67.9 cm³/mol. The Morgan fingerprint density at radius 1 is 1.56 bits per heavy atom. The molecule has 0 aromatic heterocycles. The number of benzene rings is 1. The lowest BCUT2D eigenvalue weighted by atomic mass is 10.1. The molecule has 1 aromatic rings. The lowest BCUT2D eigenvalue weighted by Gasteiger charge is -2.19. The minimum Gasteiger partial charge on any atom is -0.496 e. The first-order chi connectivity index (χ1) is 8.45. The van der Waals surface area contributed by atoms with Crippen LogP contribution < -0.4 is 10.5 Å². The van der Waals surface area contributed by atoms with Crippen LogP contribution in [0.1, 0.15) is 12.5 Å². The van der Waals surface area contributed by atoms with E-state index in [0.29, 0.717) is 18.7 Å². The van der Waals surface area contributed by atoms with Crippen molar-refractivity contribution in [3.8, 4) is 5.75 Å². The molecule has 2 N–H and O–H groups in total. The number of hydrogen-bond acceptors (Lipinski definition) is 3. The summed E-state index contributed by atoms with van der Waals surface area (Å²) in [7, 11) is 3.21. The van der Waals surface area contributed by atoms with Crippen LogP contribution >= 0.6 is 0 Å². The fraction of sp³-hybridized carbons (Fsp3) is 0.462. The monoisotopic (exact) mass is 254 g/mol. The fourth-order valence-electron chi connectivity index (χ4n) is 1.69. The Kier molecular flexibility index (Phi) is 5.09. The number of likely N-dealkylation sites (N-methyl/N-ethyl adjacent to an activating group) is 1. The van der Waals surface area contributed by atoms with E-state index in [1.807, 2.05) is 0 Å². The molecular weight excluding hydrogens is 235 g/mol. The van der Waals surface area contributed by atoms with Crippen molar-refractivity contribution in [2.45, 2.75) is 19.4 Å². The van der Waals surface area contributed by atoms with Crippen LogP contribution in [0.3, 0.4) is 0 Å². The standard InChI is InChI=1S/C13H19FN2O2/c1-9(15)13(17)16(2)7-6-10-8-11(14)4-5-12(10)18-3/h4-5,8-9H,6-7,15H2,1-3H3. The van der Waals surface area contributed by atoms with Crippen LogP contribution in [0.25, 0.3) is 0 Å². The maximum atomic E-state index is 13.1. The molecule has 1 rings (SSSR count). The molecule has 0 saturated carbocycles. The summed E-state index contributed by atoms with van der Waals surface area (Å²) in [6, 6.07) is 3.82. The number of halogens is 1. The zero-order chi connectivity index (χ0) is 13.7. The van der Waals surface area contributed by atoms with Crippen molar-refractivity contribution in [1.82, 2.24) is 4.90 Å². The second-order valence-corrected chi connectivity index (χ2v) is 4.25. The molecule has 1 unspecified atom stereocenters. The average Bonchev–Trinajstić information content (AvgIpc) is 2.35. The first-order valence-corrected chi connectivity index (χ1v) is 5.78. The van der Waals surface area contributed by atoms with Gasteiger partial charge in [0.25, 0.3) is 0 Å². The Labute approximate surface area is 107 Å². The molecule has 0 saturated heterocycles. The summed E-state index contributed by atoms with van der Waals surface area (Å²) in [5.41, 5.74) is 6.25. The number of carbonyl (C=O) groups excluding carboxylic acids is 1. The molecule has 1 amide bonds. The number of nitrogens with two attached hydrogens (primary N) is 1. The van der Waals surface area contributed by atoms with Crippen molar-refractivity contribution in [1.29, 1.82) is 0 Å². The van der Waals surface area contributed by atoms with Gasteiger partial charge in [0.2, 0.25) is 5.91 Å². The van der Waals surface area contributed by atoms with Gasteiger partial charge < -0.3 is 15.4 Å². The molecule has 0 aliphatic rings. The van der Waals surface area contributed by atoms with Gasteiger partial charge in [-0.15, -0.1) is 0 Å². The third kappa shape index (κ3) is 3.70. The smallest absolute Gasteiger partial charge is 0.238 e. The summed E-state index contributed by atoms with van der Waals surface area (Å²) in [6.07, 6.45) is 0.524. The van der Waals surface area contributed by atoms with E-state index >= 15 is 0 Å². The average molecular weight is 254 g/mol. The highest BCUT2D eigenvalue weighted by molar-refractivity contribution is 5.80. The number of methoxy groups -OCH3 is 1. The van der Waals surface area contributed by atoms with Gasteiger partial charge in [-0.1, -0.05) is 0 Å². The molecular formula is C13H19FN2O2. The van der Waals surface area contributed by atoms with E-state index in [9.17, 15) is 9.18 Å². The van der Waals surface area contributed by atoms with Gasteiger partial charge in [0.05, 0.1) is 13.2 Å². The summed E-state index contributed by atoms with van der Waals surface area (Å²) in [6.45, 7) is 2.11. The first kappa shape index (κ1) is 14.4. The molecule has 100 valence electrons. The van der Waals surface area contributed by atoms with Gasteiger partial charge in [-0.3, -0.25) is 4.79 Å². The van der Waals surface area contributed by atoms with Gasteiger partial charge in [-0.05, 0) is 37.1 Å². The zero-order valence-corrected chi connectivity index (χ0v) is 10.9. The number of hydrogen-bond donors (Lipinski definition) is 1. The Morgan fingerprint density at radius 3 is 2.78 bits per heavy atom. The highest BCUT2D eigenvalue weighted by Crippen LogP contribution is 2.19. The van der Waals surface area contributed by atoms with Crippen molar-refractivity contribution >= 4 is 5.91 Å². The van der Waals surface area contributed by atoms with E-state index in [1.165, 1.54) is 24.1 Å². The Balaban J connectivity index is 2.68. The van der Waals surface area contributed by atoms with Crippen LogP contribution in [0.4, 0.5) is 4.39 Å². The number of amides is 1. The van der Waals surface area contributed by atoms with Crippen LogP contribution in [0.2, 0.25) is 0 Å². The maximum Gasteiger partial charge on any atom is 0.238 e. The van der Waals surface area contributed by atoms with Gasteiger partial charge in [-0.2, -0.15) is 0 Å². The molecule has 0 aliphatic carbocycles. The number of nitrogens with zero attached hydrogens (tertiary/aromatic N) is 1. The molecule has 1 aromatic carbocycles. The van der Waals surface area contributed by atoms with Crippen molar-refractivity contribution in [2.75, 3.05) is 20.7 Å². The largest absolute Gasteiger partial charge is 0.496 e. The van der Waals surface area contributed by atoms with E-state index < -0.39 is 6.04 Å². The van der Waals surface area contributed by atoms with E-state index in [1.54, 1.807) is 20.0 Å². The van der Waals surface area contributed by atoms with E-state index in [-0.39, 0.29) is 11.7 Å². The topological polar surface area (TPSA) is 55.6 Å². The second-order valence-electron chi connectivity index (χ2n) is 4.25. The molecule has 0 radical (unpaired) electrons. The first-order valence-electron chi connectivity index (χ1n) is 5.78. The zero-order valence-electron chi connectivity index (χ0n) is 10.9. The lowest BCUT2D eigenvalue weighted by molar-refractivity contribution is -0.130. The number of carbonyl (C=O) groups is 1. The van der Waals surface area contributed by atoms with Crippen LogP contribution in [-0.4, -0.2) is 37.6 Å². The second kappa shape index (κ2) is 6.35. The molecule has 4 nitrogen and oxygen atoms in total. The summed E-state index contributed by atoms with van der Waals surface area (Å²) >= 11 is 0. The Hall–Kier alpha value is -1.62. The van der Waals surface area contributed by atoms with Gasteiger partial charge in [0.1, 0.15) is 11.6 Å². The highest BCUT2D eigenvalue weighted by atomic mass is 19.1. The van der Waals surface area contributed by atoms with Crippen molar-refractivity contribution in [2.24, 2.45) is 5.73 Å². The molecule has 0 aliphatic heterocycles. The van der Waals surface area contributed by atoms with Gasteiger partial charge in [0.15, 0.2) is 0 Å². The number of rotatable bonds is 5.